The van der Waals surface area contributed by atoms with Crippen LogP contribution in [-0.2, 0) is 0 Å². The maximum Gasteiger partial charge on any atom is 0.232 e. The fraction of sp³-hybridized carbons (Fsp3) is 0.333. The molecule has 2 heterocycles. The van der Waals surface area contributed by atoms with E-state index in [1.165, 1.54) is 6.33 Å². The third-order valence-corrected chi connectivity index (χ3v) is 3.88. The van der Waals surface area contributed by atoms with Gasteiger partial charge in [-0.25, -0.2) is 15.0 Å². The van der Waals surface area contributed by atoms with E-state index in [2.05, 4.69) is 28.8 Å². The number of imidazole rings is 1. The van der Waals surface area contributed by atoms with Gasteiger partial charge in [0.2, 0.25) is 5.91 Å². The lowest BCUT2D eigenvalue weighted by Crippen LogP contribution is -2.09. The van der Waals surface area contributed by atoms with Crippen molar-refractivity contribution < 1.29 is 4.79 Å². The molecule has 0 bridgehead atoms. The molecule has 0 saturated carbocycles. The lowest BCUT2D eigenvalue weighted by Gasteiger charge is -2.06. The molecule has 0 unspecified atom stereocenters. The molecular formula is C18H20N4O. The van der Waals surface area contributed by atoms with Gasteiger partial charge in [-0.15, -0.1) is 0 Å². The Morgan fingerprint density at radius 3 is 2.70 bits per heavy atom. The first-order valence-corrected chi connectivity index (χ1v) is 7.91. The average Bonchev–Trinajstić information content (AvgIpc) is 2.98. The van der Waals surface area contributed by atoms with Crippen LogP contribution in [0.2, 0.25) is 0 Å². The number of benzene rings is 1. The molecule has 3 rings (SSSR count). The van der Waals surface area contributed by atoms with Crippen LogP contribution in [0.15, 0.2) is 43.2 Å². The third-order valence-electron chi connectivity index (χ3n) is 3.88. The van der Waals surface area contributed by atoms with E-state index in [1.54, 1.807) is 23.3 Å². The molecule has 0 N–H and O–H groups in total. The average molecular weight is 308 g/mol. The number of fused-ring (bicyclic) bond motifs is 1. The lowest BCUT2D eigenvalue weighted by atomic mass is 10.1. The summed E-state index contributed by atoms with van der Waals surface area (Å²) < 4.78 is 1.65. The fourth-order valence-corrected chi connectivity index (χ4v) is 2.62. The zero-order chi connectivity index (χ0) is 16.2. The van der Waals surface area contributed by atoms with Gasteiger partial charge >= 0.3 is 0 Å². The van der Waals surface area contributed by atoms with E-state index in [9.17, 15) is 4.79 Å². The van der Waals surface area contributed by atoms with E-state index in [0.717, 1.165) is 35.0 Å². The number of carbonyl (C=O) groups is 1. The van der Waals surface area contributed by atoms with Crippen molar-refractivity contribution in [2.24, 2.45) is 5.92 Å². The normalized spacial score (nSPS) is 11.3. The molecule has 5 nitrogen and oxygen atoms in total. The van der Waals surface area contributed by atoms with Gasteiger partial charge in [0.15, 0.2) is 0 Å². The van der Waals surface area contributed by atoms with Crippen molar-refractivity contribution in [1.82, 2.24) is 19.5 Å². The molecule has 0 atom stereocenters. The standard InChI is InChI=1S/C18H20N4O/c1-13(2)4-3-5-18(23)22-12-21-16-8-14(6-7-17(16)22)15-9-19-11-20-10-15/h6-13H,3-5H2,1-2H3. The summed E-state index contributed by atoms with van der Waals surface area (Å²) in [5.74, 6) is 0.724. The van der Waals surface area contributed by atoms with Crippen LogP contribution in [0.25, 0.3) is 22.2 Å². The maximum absolute atomic E-state index is 12.4. The number of rotatable bonds is 5. The van der Waals surface area contributed by atoms with E-state index >= 15 is 0 Å². The first-order chi connectivity index (χ1) is 11.1. The molecule has 23 heavy (non-hydrogen) atoms. The maximum atomic E-state index is 12.4. The molecule has 1 aromatic carbocycles. The molecule has 0 saturated heterocycles. The van der Waals surface area contributed by atoms with Crippen LogP contribution in [0.1, 0.15) is 37.9 Å². The van der Waals surface area contributed by atoms with Crippen molar-refractivity contribution in [3.8, 4) is 11.1 Å². The van der Waals surface area contributed by atoms with Gasteiger partial charge in [-0.05, 0) is 30.0 Å². The molecule has 0 aliphatic rings. The van der Waals surface area contributed by atoms with Gasteiger partial charge < -0.3 is 0 Å². The van der Waals surface area contributed by atoms with Gasteiger partial charge in [0.25, 0.3) is 0 Å². The fourth-order valence-electron chi connectivity index (χ4n) is 2.62. The molecule has 2 aromatic heterocycles. The van der Waals surface area contributed by atoms with Crippen LogP contribution in [0, 0.1) is 5.92 Å². The molecule has 0 fully saturated rings. The summed E-state index contributed by atoms with van der Waals surface area (Å²) in [5.41, 5.74) is 3.59. The van der Waals surface area contributed by atoms with E-state index < -0.39 is 0 Å². The highest BCUT2D eigenvalue weighted by Crippen LogP contribution is 2.23. The monoisotopic (exact) mass is 308 g/mol. The zero-order valence-electron chi connectivity index (χ0n) is 13.4. The Morgan fingerprint density at radius 2 is 1.96 bits per heavy atom. The third kappa shape index (κ3) is 3.44. The molecule has 5 heteroatoms. The second kappa shape index (κ2) is 6.69. The SMILES string of the molecule is CC(C)CCCC(=O)n1cnc2cc(-c3cncnc3)ccc21. The first-order valence-electron chi connectivity index (χ1n) is 7.91. The Morgan fingerprint density at radius 1 is 1.17 bits per heavy atom. The van der Waals surface area contributed by atoms with E-state index in [-0.39, 0.29) is 5.91 Å². The van der Waals surface area contributed by atoms with Crippen LogP contribution >= 0.6 is 0 Å². The van der Waals surface area contributed by atoms with Crippen molar-refractivity contribution >= 4 is 16.9 Å². The summed E-state index contributed by atoms with van der Waals surface area (Å²) in [7, 11) is 0. The molecule has 0 aliphatic heterocycles. The second-order valence-corrected chi connectivity index (χ2v) is 6.13. The van der Waals surface area contributed by atoms with Crippen LogP contribution in [0.3, 0.4) is 0 Å². The van der Waals surface area contributed by atoms with Crippen LogP contribution in [0.5, 0.6) is 0 Å². The Kier molecular flexibility index (Phi) is 4.46. The largest absolute Gasteiger partial charge is 0.274 e. The minimum Gasteiger partial charge on any atom is -0.274 e. The molecular weight excluding hydrogens is 288 g/mol. The highest BCUT2D eigenvalue weighted by Gasteiger charge is 2.11. The minimum atomic E-state index is 0.101. The first kappa shape index (κ1) is 15.3. The quantitative estimate of drug-likeness (QED) is 0.716. The van der Waals surface area contributed by atoms with Crippen molar-refractivity contribution in [1.29, 1.82) is 0 Å². The van der Waals surface area contributed by atoms with Gasteiger partial charge in [0.05, 0.1) is 11.0 Å². The Hall–Kier alpha value is -2.56. The predicted molar refractivity (Wildman–Crippen MR) is 90.1 cm³/mol. The van der Waals surface area contributed by atoms with E-state index in [0.29, 0.717) is 12.3 Å². The molecule has 0 radical (unpaired) electrons. The van der Waals surface area contributed by atoms with Crippen molar-refractivity contribution in [3.05, 3.63) is 43.2 Å². The predicted octanol–water partition coefficient (Wildman–Crippen LogP) is 3.96. The van der Waals surface area contributed by atoms with Crippen LogP contribution in [0.4, 0.5) is 0 Å². The van der Waals surface area contributed by atoms with Crippen molar-refractivity contribution in [2.75, 3.05) is 0 Å². The Bertz CT molecular complexity index is 808. The summed E-state index contributed by atoms with van der Waals surface area (Å²) in [6.07, 6.45) is 9.19. The van der Waals surface area contributed by atoms with E-state index in [4.69, 9.17) is 0 Å². The van der Waals surface area contributed by atoms with Gasteiger partial charge in [0.1, 0.15) is 12.7 Å². The number of aromatic nitrogens is 4. The number of carbonyl (C=O) groups excluding carboxylic acids is 1. The smallest absolute Gasteiger partial charge is 0.232 e. The summed E-state index contributed by atoms with van der Waals surface area (Å²) in [5, 5.41) is 0. The lowest BCUT2D eigenvalue weighted by molar-refractivity contribution is 0.0903. The summed E-state index contributed by atoms with van der Waals surface area (Å²) in [4.78, 5) is 24.8. The number of hydrogen-bond acceptors (Lipinski definition) is 4. The molecule has 0 amide bonds. The van der Waals surface area contributed by atoms with Gasteiger partial charge in [-0.1, -0.05) is 26.3 Å². The highest BCUT2D eigenvalue weighted by atomic mass is 16.2. The molecule has 3 aromatic rings. The van der Waals surface area contributed by atoms with Crippen molar-refractivity contribution in [2.45, 2.75) is 33.1 Å². The Balaban J connectivity index is 1.83. The van der Waals surface area contributed by atoms with Gasteiger partial charge in [-0.2, -0.15) is 0 Å². The van der Waals surface area contributed by atoms with E-state index in [1.807, 2.05) is 18.2 Å². The summed E-state index contributed by atoms with van der Waals surface area (Å²) >= 11 is 0. The van der Waals surface area contributed by atoms with Crippen molar-refractivity contribution in [3.63, 3.8) is 0 Å². The molecule has 118 valence electrons. The molecule has 0 aliphatic carbocycles. The molecule has 0 spiro atoms. The second-order valence-electron chi connectivity index (χ2n) is 6.13. The topological polar surface area (TPSA) is 60.7 Å². The van der Waals surface area contributed by atoms with Gasteiger partial charge in [0, 0.05) is 24.4 Å². The van der Waals surface area contributed by atoms with Gasteiger partial charge in [-0.3, -0.25) is 9.36 Å². The summed E-state index contributed by atoms with van der Waals surface area (Å²) in [6.45, 7) is 4.35. The van der Waals surface area contributed by atoms with Crippen LogP contribution in [-0.4, -0.2) is 25.4 Å². The number of nitrogens with zero attached hydrogens (tertiary/aromatic N) is 4. The number of hydrogen-bond donors (Lipinski definition) is 0. The highest BCUT2D eigenvalue weighted by molar-refractivity contribution is 5.91. The Labute approximate surface area is 135 Å². The minimum absolute atomic E-state index is 0.101. The zero-order valence-corrected chi connectivity index (χ0v) is 13.4. The van der Waals surface area contributed by atoms with Crippen LogP contribution < -0.4 is 0 Å². The summed E-state index contributed by atoms with van der Waals surface area (Å²) in [6, 6.07) is 5.87.